The Hall–Kier alpha value is -4.21. The Balaban J connectivity index is 1.51. The minimum absolute atomic E-state index is 0.141. The van der Waals surface area contributed by atoms with E-state index in [1.165, 1.54) is 38.5 Å². The molecule has 1 saturated carbocycles. The summed E-state index contributed by atoms with van der Waals surface area (Å²) in [7, 11) is 0. The van der Waals surface area contributed by atoms with E-state index in [4.69, 9.17) is 9.47 Å². The van der Waals surface area contributed by atoms with Crippen molar-refractivity contribution in [2.24, 2.45) is 22.7 Å². The first kappa shape index (κ1) is 39.6. The second-order valence-corrected chi connectivity index (χ2v) is 14.2. The summed E-state index contributed by atoms with van der Waals surface area (Å²) in [6, 6.07) is 19.5. The van der Waals surface area contributed by atoms with Gasteiger partial charge >= 0.3 is 11.9 Å². The van der Waals surface area contributed by atoms with Crippen LogP contribution in [0.1, 0.15) is 116 Å². The SMILES string of the molecule is CCC/C=C/CCCCCCC=C=CCCOC(=O)C1C(C(=O)OCC/C=C/CCC)C2(C)C(=O)C1(C)C(c1ccccc1)=C2c1ccccc1. The molecule has 4 rings (SSSR count). The van der Waals surface area contributed by atoms with Crippen molar-refractivity contribution < 1.29 is 23.9 Å². The van der Waals surface area contributed by atoms with Crippen LogP contribution in [0.5, 0.6) is 0 Å². The summed E-state index contributed by atoms with van der Waals surface area (Å²) in [5.74, 6) is -3.26. The van der Waals surface area contributed by atoms with Gasteiger partial charge in [0, 0.05) is 6.42 Å². The molecule has 51 heavy (non-hydrogen) atoms. The molecule has 0 amide bonds. The third-order valence-corrected chi connectivity index (χ3v) is 10.4. The molecule has 2 aromatic carbocycles. The smallest absolute Gasteiger partial charge is 0.311 e. The van der Waals surface area contributed by atoms with Crippen molar-refractivity contribution in [2.75, 3.05) is 13.2 Å². The molecule has 1 fully saturated rings. The molecule has 0 aromatic heterocycles. The van der Waals surface area contributed by atoms with Crippen molar-refractivity contribution in [3.63, 3.8) is 0 Å². The van der Waals surface area contributed by atoms with Gasteiger partial charge in [-0.3, -0.25) is 14.4 Å². The molecular weight excluding hydrogens is 633 g/mol. The molecule has 0 aliphatic heterocycles. The normalized spacial score (nSPS) is 22.5. The Morgan fingerprint density at radius 1 is 0.608 bits per heavy atom. The quantitative estimate of drug-likeness (QED) is 0.0564. The van der Waals surface area contributed by atoms with Crippen LogP contribution in [0, 0.1) is 22.7 Å². The number of allylic oxidation sites excluding steroid dienone is 5. The number of esters is 2. The Kier molecular flexibility index (Phi) is 15.5. The number of hydrogen-bond acceptors (Lipinski definition) is 5. The van der Waals surface area contributed by atoms with E-state index in [-0.39, 0.29) is 19.0 Å². The van der Waals surface area contributed by atoms with Crippen molar-refractivity contribution in [1.29, 1.82) is 0 Å². The summed E-state index contributed by atoms with van der Waals surface area (Å²) in [6.07, 6.45) is 25.0. The van der Waals surface area contributed by atoms with E-state index in [1.807, 2.05) is 92.7 Å². The predicted molar refractivity (Wildman–Crippen MR) is 208 cm³/mol. The van der Waals surface area contributed by atoms with E-state index in [0.717, 1.165) is 48.0 Å². The van der Waals surface area contributed by atoms with Crippen LogP contribution in [-0.2, 0) is 23.9 Å². The number of ether oxygens (including phenoxy) is 2. The number of carbonyl (C=O) groups is 3. The van der Waals surface area contributed by atoms with Crippen LogP contribution in [0.4, 0.5) is 0 Å². The largest absolute Gasteiger partial charge is 0.465 e. The van der Waals surface area contributed by atoms with Gasteiger partial charge in [-0.15, -0.1) is 5.73 Å². The van der Waals surface area contributed by atoms with Gasteiger partial charge in [-0.1, -0.05) is 124 Å². The zero-order chi connectivity index (χ0) is 36.5. The summed E-state index contributed by atoms with van der Waals surface area (Å²) in [4.78, 5) is 43.1. The van der Waals surface area contributed by atoms with Crippen molar-refractivity contribution in [1.82, 2.24) is 0 Å². The highest BCUT2D eigenvalue weighted by Crippen LogP contribution is 2.72. The Labute approximate surface area is 306 Å². The maximum atomic E-state index is 14.8. The second-order valence-electron chi connectivity index (χ2n) is 14.2. The molecule has 2 aliphatic rings. The summed E-state index contributed by atoms with van der Waals surface area (Å²) < 4.78 is 11.8. The van der Waals surface area contributed by atoms with Gasteiger partial charge in [-0.2, -0.15) is 0 Å². The summed E-state index contributed by atoms with van der Waals surface area (Å²) >= 11 is 0. The number of fused-ring (bicyclic) bond motifs is 2. The fourth-order valence-electron chi connectivity index (χ4n) is 7.93. The molecule has 5 heteroatoms. The highest BCUT2D eigenvalue weighted by atomic mass is 16.5. The van der Waals surface area contributed by atoms with Crippen LogP contribution in [-0.4, -0.2) is 30.9 Å². The topological polar surface area (TPSA) is 69.7 Å². The van der Waals surface area contributed by atoms with Crippen LogP contribution >= 0.6 is 0 Å². The van der Waals surface area contributed by atoms with E-state index in [9.17, 15) is 14.4 Å². The molecule has 5 nitrogen and oxygen atoms in total. The first-order valence-electron chi connectivity index (χ1n) is 19.3. The minimum atomic E-state index is -1.29. The molecule has 2 bridgehead atoms. The zero-order valence-electron chi connectivity index (χ0n) is 31.3. The van der Waals surface area contributed by atoms with Crippen LogP contribution in [0.25, 0.3) is 11.1 Å². The molecule has 0 spiro atoms. The Bertz CT molecular complexity index is 1590. The number of carbonyl (C=O) groups excluding carboxylic acids is 3. The van der Waals surface area contributed by atoms with Crippen molar-refractivity contribution >= 4 is 28.9 Å². The van der Waals surface area contributed by atoms with E-state index in [0.29, 0.717) is 12.8 Å². The lowest BCUT2D eigenvalue weighted by atomic mass is 9.62. The third-order valence-electron chi connectivity index (χ3n) is 10.4. The lowest BCUT2D eigenvalue weighted by Gasteiger charge is -2.39. The van der Waals surface area contributed by atoms with Gasteiger partial charge in [0.15, 0.2) is 5.78 Å². The van der Waals surface area contributed by atoms with E-state index >= 15 is 0 Å². The lowest BCUT2D eigenvalue weighted by molar-refractivity contribution is -0.164. The maximum absolute atomic E-state index is 14.8. The van der Waals surface area contributed by atoms with Gasteiger partial charge in [0.2, 0.25) is 0 Å². The van der Waals surface area contributed by atoms with Crippen molar-refractivity contribution in [2.45, 2.75) is 105 Å². The lowest BCUT2D eigenvalue weighted by Crippen LogP contribution is -2.44. The molecule has 4 unspecified atom stereocenters. The number of hydrogen-bond donors (Lipinski definition) is 0. The highest BCUT2D eigenvalue weighted by molar-refractivity contribution is 6.26. The average Bonchev–Trinajstić information content (AvgIpc) is 3.44. The molecule has 2 aliphatic carbocycles. The fraction of sp³-hybridized carbons (Fsp3) is 0.478. The van der Waals surface area contributed by atoms with Gasteiger partial charge in [0.1, 0.15) is 0 Å². The zero-order valence-corrected chi connectivity index (χ0v) is 31.3. The number of rotatable bonds is 21. The van der Waals surface area contributed by atoms with Gasteiger partial charge in [-0.05, 0) is 93.2 Å². The molecular formula is C46H58O5. The molecule has 0 heterocycles. The number of ketones is 1. The van der Waals surface area contributed by atoms with E-state index in [1.54, 1.807) is 0 Å². The van der Waals surface area contributed by atoms with Crippen molar-refractivity contribution in [3.8, 4) is 0 Å². The van der Waals surface area contributed by atoms with Gasteiger partial charge in [-0.25, -0.2) is 0 Å². The first-order chi connectivity index (χ1) is 24.8. The van der Waals surface area contributed by atoms with Gasteiger partial charge in [0.05, 0.1) is 35.9 Å². The standard InChI is InChI=1S/C46H58O5/c1-5-7-9-11-12-13-14-15-16-17-18-19-21-29-35-51-43(48)41-40(42(47)50-34-28-20-10-8-6-2)45(3)38(36-30-24-22-25-31-36)39(46(41,4)44(45)49)37-32-26-23-27-33-37/h9-11,18,20-27,30-33,40-41H,5-8,12-17,28-29,34-35H2,1-4H3/b11-9+,20-10+. The Morgan fingerprint density at radius 2 is 1.04 bits per heavy atom. The monoisotopic (exact) mass is 690 g/mol. The number of Topliss-reactive ketones (excluding diaryl/α,β-unsaturated/α-hetero) is 1. The van der Waals surface area contributed by atoms with Crippen molar-refractivity contribution in [3.05, 3.63) is 114 Å². The van der Waals surface area contributed by atoms with Crippen LogP contribution in [0.2, 0.25) is 0 Å². The molecule has 0 N–H and O–H groups in total. The number of unbranched alkanes of at least 4 members (excludes halogenated alkanes) is 7. The predicted octanol–water partition coefficient (Wildman–Crippen LogP) is 11.1. The first-order valence-corrected chi connectivity index (χ1v) is 19.3. The second kappa shape index (κ2) is 20.0. The summed E-state index contributed by atoms with van der Waals surface area (Å²) in [6.45, 7) is 8.29. The van der Waals surface area contributed by atoms with Crippen LogP contribution in [0.15, 0.2) is 103 Å². The molecule has 2 aromatic rings. The molecule has 272 valence electrons. The minimum Gasteiger partial charge on any atom is -0.465 e. The van der Waals surface area contributed by atoms with Crippen LogP contribution < -0.4 is 0 Å². The van der Waals surface area contributed by atoms with Gasteiger partial charge < -0.3 is 9.47 Å². The van der Waals surface area contributed by atoms with Crippen LogP contribution in [0.3, 0.4) is 0 Å². The molecule has 0 radical (unpaired) electrons. The number of benzene rings is 2. The highest BCUT2D eigenvalue weighted by Gasteiger charge is 2.76. The molecule has 4 atom stereocenters. The van der Waals surface area contributed by atoms with E-state index in [2.05, 4.69) is 37.8 Å². The van der Waals surface area contributed by atoms with E-state index < -0.39 is 34.6 Å². The summed E-state index contributed by atoms with van der Waals surface area (Å²) in [5, 5.41) is 0. The average molecular weight is 691 g/mol. The third kappa shape index (κ3) is 9.37. The Morgan fingerprint density at radius 3 is 1.55 bits per heavy atom. The molecule has 0 saturated heterocycles. The van der Waals surface area contributed by atoms with Gasteiger partial charge in [0.25, 0.3) is 0 Å². The summed E-state index contributed by atoms with van der Waals surface area (Å²) in [5.41, 5.74) is 3.95. The maximum Gasteiger partial charge on any atom is 0.311 e. The fourth-order valence-corrected chi connectivity index (χ4v) is 7.93.